The number of alkyl halides is 2. The third-order valence-corrected chi connectivity index (χ3v) is 14.2. The van der Waals surface area contributed by atoms with Crippen LogP contribution in [-0.2, 0) is 76.9 Å². The zero-order chi connectivity index (χ0) is 52.2. The first kappa shape index (κ1) is 54.3. The summed E-state index contributed by atoms with van der Waals surface area (Å²) in [5.74, 6) is -3.65. The molecule has 2 aliphatic heterocycles. The maximum Gasteiger partial charge on any atom is 0.410 e. The lowest BCUT2D eigenvalue weighted by Gasteiger charge is -2.31. The number of ether oxygens (including phenoxy) is 3. The summed E-state index contributed by atoms with van der Waals surface area (Å²) in [5, 5.41) is 5.88. The molecule has 0 saturated carbocycles. The number of aromatic nitrogens is 1. The number of carbonyl (C=O) groups is 6. The van der Waals surface area contributed by atoms with Crippen LogP contribution in [0.4, 0.5) is 14.5 Å². The average molecular weight is 1010 g/mol. The summed E-state index contributed by atoms with van der Waals surface area (Å²) in [7, 11) is -5.64. The molecular weight excluding hydrogens is 944 g/mol. The highest BCUT2D eigenvalue weighted by Crippen LogP contribution is 2.67. The Morgan fingerprint density at radius 3 is 2.08 bits per heavy atom. The molecule has 2 aliphatic rings. The number of benzene rings is 3. The molecule has 4 aromatic rings. The second-order valence-electron chi connectivity index (χ2n) is 20.3. The van der Waals surface area contributed by atoms with Crippen molar-refractivity contribution in [3.63, 3.8) is 0 Å². The molecule has 0 bridgehead atoms. The lowest BCUT2D eigenvalue weighted by molar-refractivity contribution is -0.163. The van der Waals surface area contributed by atoms with Gasteiger partial charge >= 0.3 is 25.2 Å². The maximum absolute atomic E-state index is 16.4. The van der Waals surface area contributed by atoms with E-state index in [9.17, 15) is 33.3 Å². The highest BCUT2D eigenvalue weighted by Gasteiger charge is 2.56. The Kier molecular flexibility index (Phi) is 16.7. The predicted molar refractivity (Wildman–Crippen MR) is 259 cm³/mol. The van der Waals surface area contributed by atoms with Crippen molar-refractivity contribution in [3.05, 3.63) is 100 Å². The fourth-order valence-corrected chi connectivity index (χ4v) is 9.32. The van der Waals surface area contributed by atoms with Crippen LogP contribution in [0.3, 0.4) is 0 Å². The number of aromatic amines is 1. The molecule has 384 valence electrons. The minimum Gasteiger partial charge on any atom is -0.438 e. The smallest absolute Gasteiger partial charge is 0.410 e. The van der Waals surface area contributed by atoms with Crippen LogP contribution in [0.15, 0.2) is 66.7 Å². The van der Waals surface area contributed by atoms with Crippen molar-refractivity contribution in [1.29, 1.82) is 0 Å². The molecule has 0 unspecified atom stereocenters. The van der Waals surface area contributed by atoms with Gasteiger partial charge in [0.15, 0.2) is 0 Å². The van der Waals surface area contributed by atoms with Gasteiger partial charge in [-0.2, -0.15) is 8.78 Å². The normalized spacial score (nSPS) is 17.1. The standard InChI is InChI=1S/C51H64F2N5O12P/c1-29(2)32-15-13-31(14-16-32)26-66-30(3)37(21-22-42(54)59)56-45(61)41-25-34-12-10-11-33-17-19-39(46(62)58(41)43(33)34)57-44(60)40-24-35-23-36(18-20-38(35)55-40)51(52,53)71(65,69-27-67-47(63)49(4,5)6)70-28-68-48(64)50(7,8)9/h10-16,18,20,23-24,29-30,37,39,41,55H,17,19,21-22,25-28H2,1-9H3,(H2,54,59)(H,56,61)(H,57,60)/t30-,37+,39+,41+/m1/s1. The number of nitrogens with zero attached hydrogens (tertiary/aromatic N) is 1. The summed E-state index contributed by atoms with van der Waals surface area (Å²) < 4.78 is 72.8. The maximum atomic E-state index is 16.4. The monoisotopic (exact) mass is 1010 g/mol. The number of para-hydroxylation sites is 1. The number of rotatable bonds is 20. The van der Waals surface area contributed by atoms with Gasteiger partial charge in [-0.1, -0.05) is 62.4 Å². The van der Waals surface area contributed by atoms with Crippen LogP contribution in [0.25, 0.3) is 10.9 Å². The minimum atomic E-state index is -5.64. The first-order valence-corrected chi connectivity index (χ1v) is 25.0. The van der Waals surface area contributed by atoms with Crippen LogP contribution in [0.2, 0.25) is 0 Å². The topological polar surface area (TPSA) is 235 Å². The third kappa shape index (κ3) is 12.7. The van der Waals surface area contributed by atoms with Crippen LogP contribution < -0.4 is 21.3 Å². The molecule has 1 aromatic heterocycles. The van der Waals surface area contributed by atoms with Crippen LogP contribution >= 0.6 is 7.60 Å². The molecule has 5 N–H and O–H groups in total. The van der Waals surface area contributed by atoms with Gasteiger partial charge in [0, 0.05) is 29.3 Å². The fourth-order valence-electron chi connectivity index (χ4n) is 8.09. The lowest BCUT2D eigenvalue weighted by atomic mass is 9.98. The Hall–Kier alpha value is -6.01. The molecule has 0 spiro atoms. The molecular formula is C51H64F2N5O12P. The second-order valence-corrected chi connectivity index (χ2v) is 22.4. The molecule has 3 aromatic carbocycles. The Balaban J connectivity index is 1.19. The molecule has 6 rings (SSSR count). The van der Waals surface area contributed by atoms with Crippen LogP contribution in [0, 0.1) is 10.8 Å². The van der Waals surface area contributed by atoms with Crippen LogP contribution in [0.1, 0.15) is 126 Å². The van der Waals surface area contributed by atoms with Gasteiger partial charge in [-0.05, 0) is 114 Å². The molecule has 0 radical (unpaired) electrons. The Bertz CT molecular complexity index is 2660. The predicted octanol–water partition coefficient (Wildman–Crippen LogP) is 8.02. The number of fused-ring (bicyclic) bond motifs is 1. The van der Waals surface area contributed by atoms with Gasteiger partial charge in [-0.3, -0.25) is 47.3 Å². The largest absolute Gasteiger partial charge is 0.438 e. The Morgan fingerprint density at radius 2 is 1.49 bits per heavy atom. The van der Waals surface area contributed by atoms with Crippen molar-refractivity contribution >= 4 is 59.8 Å². The minimum absolute atomic E-state index is 0.0262. The number of amides is 4. The number of esters is 2. The molecule has 0 fully saturated rings. The second kappa shape index (κ2) is 21.8. The molecule has 71 heavy (non-hydrogen) atoms. The van der Waals surface area contributed by atoms with E-state index in [0.717, 1.165) is 28.8 Å². The van der Waals surface area contributed by atoms with E-state index < -0.39 is 103 Å². The van der Waals surface area contributed by atoms with E-state index in [0.29, 0.717) is 18.0 Å². The van der Waals surface area contributed by atoms with Crippen molar-refractivity contribution in [2.24, 2.45) is 16.6 Å². The zero-order valence-corrected chi connectivity index (χ0v) is 42.4. The van der Waals surface area contributed by atoms with Crippen molar-refractivity contribution in [2.75, 3.05) is 18.5 Å². The van der Waals surface area contributed by atoms with Crippen molar-refractivity contribution in [1.82, 2.24) is 15.6 Å². The summed E-state index contributed by atoms with van der Waals surface area (Å²) in [4.78, 5) is 83.9. The molecule has 3 heterocycles. The van der Waals surface area contributed by atoms with E-state index in [1.54, 1.807) is 6.92 Å². The summed E-state index contributed by atoms with van der Waals surface area (Å²) in [6, 6.07) is 15.1. The number of nitrogens with two attached hydrogens (primary N) is 1. The molecule has 17 nitrogen and oxygen atoms in total. The Labute approximate surface area is 411 Å². The van der Waals surface area contributed by atoms with Crippen LogP contribution in [-0.4, -0.2) is 78.4 Å². The van der Waals surface area contributed by atoms with Gasteiger partial charge in [0.05, 0.1) is 35.3 Å². The first-order chi connectivity index (χ1) is 33.2. The zero-order valence-electron chi connectivity index (χ0n) is 41.5. The summed E-state index contributed by atoms with van der Waals surface area (Å²) in [5.41, 5.74) is 2.51. The number of nitrogens with one attached hydrogen (secondary N) is 3. The summed E-state index contributed by atoms with van der Waals surface area (Å²) >= 11 is 0. The Morgan fingerprint density at radius 1 is 0.873 bits per heavy atom. The van der Waals surface area contributed by atoms with Gasteiger partial charge in [0.25, 0.3) is 5.91 Å². The number of aryl methyl sites for hydroxylation is 1. The molecule has 4 atom stereocenters. The first-order valence-electron chi connectivity index (χ1n) is 23.5. The van der Waals surface area contributed by atoms with E-state index in [2.05, 4.69) is 29.5 Å². The fraction of sp³-hybridized carbons (Fsp3) is 0.490. The number of anilines is 1. The number of halogens is 2. The summed E-state index contributed by atoms with van der Waals surface area (Å²) in [6.45, 7) is 13.0. The van der Waals surface area contributed by atoms with E-state index in [-0.39, 0.29) is 48.9 Å². The summed E-state index contributed by atoms with van der Waals surface area (Å²) in [6.07, 6.45) is 0.312. The van der Waals surface area contributed by atoms with E-state index >= 15 is 8.78 Å². The quantitative estimate of drug-likeness (QED) is 0.0374. The van der Waals surface area contributed by atoms with Gasteiger partial charge in [-0.25, -0.2) is 0 Å². The van der Waals surface area contributed by atoms with E-state index in [1.165, 1.54) is 64.1 Å². The SMILES string of the molecule is CC(C)c1ccc(CO[C@H](C)[C@H](CCC(N)=O)NC(=O)[C@@H]2Cc3cccc4c3N2C(=O)[C@@H](NC(=O)c2cc3cc(C(F)(F)P(=O)(OCOC(=O)C(C)(C)C)OCOC(=O)C(C)(C)C)ccc3[nH]2)CC4)cc1. The van der Waals surface area contributed by atoms with Crippen molar-refractivity contribution in [3.8, 4) is 0 Å². The van der Waals surface area contributed by atoms with Crippen LogP contribution in [0.5, 0.6) is 0 Å². The molecule has 0 saturated heterocycles. The highest BCUT2D eigenvalue weighted by atomic mass is 31.2. The van der Waals surface area contributed by atoms with Gasteiger partial charge in [-0.15, -0.1) is 0 Å². The highest BCUT2D eigenvalue weighted by molar-refractivity contribution is 7.54. The number of H-pyrrole nitrogens is 1. The number of hydrogen-bond donors (Lipinski definition) is 4. The van der Waals surface area contributed by atoms with Crippen molar-refractivity contribution < 1.29 is 65.4 Å². The van der Waals surface area contributed by atoms with Gasteiger partial charge in [0.1, 0.15) is 17.8 Å². The molecule has 20 heteroatoms. The number of hydrogen-bond acceptors (Lipinski definition) is 12. The van der Waals surface area contributed by atoms with Gasteiger partial charge < -0.3 is 35.6 Å². The molecule has 4 amide bonds. The average Bonchev–Trinajstić information content (AvgIpc) is 3.89. The third-order valence-electron chi connectivity index (χ3n) is 12.4. The number of carbonyl (C=O) groups excluding carboxylic acids is 6. The lowest BCUT2D eigenvalue weighted by Crippen LogP contribution is -2.56. The molecule has 0 aliphatic carbocycles. The van der Waals surface area contributed by atoms with Gasteiger partial charge in [0.2, 0.25) is 31.3 Å². The van der Waals surface area contributed by atoms with Crippen molar-refractivity contribution in [2.45, 2.75) is 137 Å². The number of primary amides is 1. The van der Waals surface area contributed by atoms with E-state index in [1.807, 2.05) is 42.5 Å². The van der Waals surface area contributed by atoms with E-state index in [4.69, 9.17) is 29.0 Å².